The number of anilines is 3. The number of aromatic nitrogens is 2. The second-order valence-corrected chi connectivity index (χ2v) is 6.84. The van der Waals surface area contributed by atoms with Gasteiger partial charge in [0.05, 0.1) is 11.1 Å². The van der Waals surface area contributed by atoms with Crippen LogP contribution in [0.15, 0.2) is 42.5 Å². The second-order valence-electron chi connectivity index (χ2n) is 6.40. The summed E-state index contributed by atoms with van der Waals surface area (Å²) in [4.78, 5) is 7.88. The van der Waals surface area contributed by atoms with Crippen molar-refractivity contribution < 1.29 is 26.3 Å². The van der Waals surface area contributed by atoms with Gasteiger partial charge in [-0.1, -0.05) is 11.6 Å². The van der Waals surface area contributed by atoms with E-state index in [0.717, 1.165) is 0 Å². The molecule has 30 heavy (non-hydrogen) atoms. The van der Waals surface area contributed by atoms with Crippen molar-refractivity contribution in [3.8, 4) is 11.1 Å². The normalized spacial score (nSPS) is 12.1. The molecule has 158 valence electrons. The molecule has 0 fully saturated rings. The van der Waals surface area contributed by atoms with E-state index in [1.165, 1.54) is 18.2 Å². The van der Waals surface area contributed by atoms with Gasteiger partial charge in [0.1, 0.15) is 5.82 Å². The van der Waals surface area contributed by atoms with Crippen LogP contribution in [0.25, 0.3) is 11.1 Å². The van der Waals surface area contributed by atoms with E-state index < -0.39 is 23.5 Å². The quantitative estimate of drug-likeness (QED) is 0.453. The second kappa shape index (κ2) is 7.67. The van der Waals surface area contributed by atoms with Crippen LogP contribution in [0.5, 0.6) is 0 Å². The van der Waals surface area contributed by atoms with E-state index in [1.807, 2.05) is 0 Å². The number of alkyl halides is 6. The third-order valence-corrected chi connectivity index (χ3v) is 4.18. The fourth-order valence-electron chi connectivity index (χ4n) is 2.75. The van der Waals surface area contributed by atoms with Crippen molar-refractivity contribution in [3.05, 3.63) is 64.3 Å². The van der Waals surface area contributed by atoms with Gasteiger partial charge in [-0.05, 0) is 54.4 Å². The largest absolute Gasteiger partial charge is 0.416 e. The molecule has 3 rings (SSSR count). The summed E-state index contributed by atoms with van der Waals surface area (Å²) in [5.41, 5.74) is 3.36. The van der Waals surface area contributed by atoms with Gasteiger partial charge in [0.15, 0.2) is 0 Å². The van der Waals surface area contributed by atoms with Gasteiger partial charge in [0, 0.05) is 22.5 Å². The number of hydrogen-bond acceptors (Lipinski definition) is 4. The van der Waals surface area contributed by atoms with Crippen molar-refractivity contribution in [3.63, 3.8) is 0 Å². The minimum absolute atomic E-state index is 0.00699. The Morgan fingerprint density at radius 1 is 0.800 bits per heavy atom. The Hall–Kier alpha value is -3.01. The van der Waals surface area contributed by atoms with Crippen LogP contribution in [-0.2, 0) is 12.4 Å². The minimum Gasteiger partial charge on any atom is -0.368 e. The Kier molecular flexibility index (Phi) is 5.55. The van der Waals surface area contributed by atoms with Gasteiger partial charge in [-0.15, -0.1) is 0 Å². The molecule has 0 aliphatic carbocycles. The molecule has 0 bridgehead atoms. The lowest BCUT2D eigenvalue weighted by Crippen LogP contribution is -2.11. The first-order valence-electron chi connectivity index (χ1n) is 8.30. The SMILES string of the molecule is Cc1cc(Nc2cc(Cl)cc(-c3cc(C(F)(F)F)cc(C(F)(F)F)c3)c2)nc(N)n1. The number of nitrogens with two attached hydrogens (primary N) is 1. The summed E-state index contributed by atoms with van der Waals surface area (Å²) in [6.45, 7) is 1.67. The Morgan fingerprint density at radius 2 is 1.37 bits per heavy atom. The van der Waals surface area contributed by atoms with Crippen LogP contribution in [0.2, 0.25) is 5.02 Å². The molecule has 1 aromatic heterocycles. The highest BCUT2D eigenvalue weighted by Gasteiger charge is 2.37. The lowest BCUT2D eigenvalue weighted by atomic mass is 9.98. The first-order valence-corrected chi connectivity index (χ1v) is 8.68. The molecule has 0 saturated heterocycles. The van der Waals surface area contributed by atoms with Gasteiger partial charge in [-0.25, -0.2) is 4.98 Å². The van der Waals surface area contributed by atoms with Crippen LogP contribution in [0, 0.1) is 6.92 Å². The molecule has 0 spiro atoms. The van der Waals surface area contributed by atoms with Crippen LogP contribution in [-0.4, -0.2) is 9.97 Å². The zero-order chi connectivity index (χ0) is 22.3. The lowest BCUT2D eigenvalue weighted by molar-refractivity contribution is -0.143. The zero-order valence-corrected chi connectivity index (χ0v) is 15.9. The third-order valence-electron chi connectivity index (χ3n) is 3.96. The highest BCUT2D eigenvalue weighted by atomic mass is 35.5. The molecule has 0 unspecified atom stereocenters. The summed E-state index contributed by atoms with van der Waals surface area (Å²) >= 11 is 6.05. The Balaban J connectivity index is 2.09. The Labute approximate surface area is 171 Å². The molecule has 0 atom stereocenters. The van der Waals surface area contributed by atoms with Gasteiger partial charge in [-0.3, -0.25) is 0 Å². The fourth-order valence-corrected chi connectivity index (χ4v) is 2.99. The smallest absolute Gasteiger partial charge is 0.368 e. The van der Waals surface area contributed by atoms with E-state index in [0.29, 0.717) is 23.5 Å². The number of benzene rings is 2. The number of hydrogen-bond donors (Lipinski definition) is 2. The summed E-state index contributed by atoms with van der Waals surface area (Å²) in [6.07, 6.45) is -9.91. The summed E-state index contributed by atoms with van der Waals surface area (Å²) in [5.74, 6) is 0.278. The van der Waals surface area contributed by atoms with Crippen LogP contribution in [0.3, 0.4) is 0 Å². The van der Waals surface area contributed by atoms with Crippen molar-refractivity contribution in [2.24, 2.45) is 0 Å². The molecule has 0 amide bonds. The number of nitrogens with zero attached hydrogens (tertiary/aromatic N) is 2. The predicted octanol–water partition coefficient (Wildman–Crippen LogP) is 6.47. The summed E-state index contributed by atoms with van der Waals surface area (Å²) in [7, 11) is 0. The maximum atomic E-state index is 13.1. The van der Waals surface area contributed by atoms with Gasteiger partial charge in [-0.2, -0.15) is 31.3 Å². The molecular formula is C19H13ClF6N4. The Bertz CT molecular complexity index is 1040. The maximum Gasteiger partial charge on any atom is 0.416 e. The average Bonchev–Trinajstić information content (AvgIpc) is 2.58. The summed E-state index contributed by atoms with van der Waals surface area (Å²) in [6, 6.07) is 6.96. The molecule has 0 radical (unpaired) electrons. The molecule has 2 aromatic carbocycles. The molecule has 3 aromatic rings. The van der Waals surface area contributed by atoms with Gasteiger partial charge in [0.25, 0.3) is 0 Å². The monoisotopic (exact) mass is 446 g/mol. The van der Waals surface area contributed by atoms with E-state index >= 15 is 0 Å². The Morgan fingerprint density at radius 3 is 1.90 bits per heavy atom. The van der Waals surface area contributed by atoms with E-state index in [-0.39, 0.29) is 34.0 Å². The number of rotatable bonds is 3. The highest BCUT2D eigenvalue weighted by molar-refractivity contribution is 6.31. The minimum atomic E-state index is -4.95. The van der Waals surface area contributed by atoms with Crippen molar-refractivity contribution in [2.75, 3.05) is 11.1 Å². The van der Waals surface area contributed by atoms with E-state index in [9.17, 15) is 26.3 Å². The maximum absolute atomic E-state index is 13.1. The molecule has 0 aliphatic rings. The lowest BCUT2D eigenvalue weighted by Gasteiger charge is -2.15. The van der Waals surface area contributed by atoms with Crippen molar-refractivity contribution >= 4 is 29.1 Å². The highest BCUT2D eigenvalue weighted by Crippen LogP contribution is 2.39. The molecular weight excluding hydrogens is 434 g/mol. The van der Waals surface area contributed by atoms with Gasteiger partial charge < -0.3 is 11.1 Å². The topological polar surface area (TPSA) is 63.8 Å². The number of nitrogen functional groups attached to an aromatic ring is 1. The van der Waals surface area contributed by atoms with E-state index in [1.54, 1.807) is 13.0 Å². The average molecular weight is 447 g/mol. The van der Waals surface area contributed by atoms with Crippen molar-refractivity contribution in [1.82, 2.24) is 9.97 Å². The molecule has 1 heterocycles. The van der Waals surface area contributed by atoms with Crippen LogP contribution >= 0.6 is 11.6 Å². The van der Waals surface area contributed by atoms with Crippen LogP contribution < -0.4 is 11.1 Å². The van der Waals surface area contributed by atoms with Crippen molar-refractivity contribution in [2.45, 2.75) is 19.3 Å². The van der Waals surface area contributed by atoms with Gasteiger partial charge >= 0.3 is 12.4 Å². The van der Waals surface area contributed by atoms with E-state index in [4.69, 9.17) is 17.3 Å². The summed E-state index contributed by atoms with van der Waals surface area (Å²) in [5, 5.41) is 2.96. The van der Waals surface area contributed by atoms with Gasteiger partial charge in [0.2, 0.25) is 5.95 Å². The number of nitrogens with one attached hydrogen (secondary N) is 1. The van der Waals surface area contributed by atoms with Crippen LogP contribution in [0.4, 0.5) is 43.8 Å². The third kappa shape index (κ3) is 5.12. The fraction of sp³-hybridized carbons (Fsp3) is 0.158. The number of aryl methyl sites for hydroxylation is 1. The van der Waals surface area contributed by atoms with E-state index in [2.05, 4.69) is 15.3 Å². The van der Waals surface area contributed by atoms with Crippen molar-refractivity contribution in [1.29, 1.82) is 0 Å². The predicted molar refractivity (Wildman–Crippen MR) is 101 cm³/mol. The molecule has 11 heteroatoms. The van der Waals surface area contributed by atoms with Crippen LogP contribution in [0.1, 0.15) is 16.8 Å². The number of halogens is 7. The molecule has 3 N–H and O–H groups in total. The zero-order valence-electron chi connectivity index (χ0n) is 15.2. The first-order chi connectivity index (χ1) is 13.8. The standard InChI is InChI=1S/C19H13ClF6N4/c1-9-2-16(30-17(27)28-9)29-15-6-11(5-14(20)8-15)10-3-12(18(21,22)23)7-13(4-10)19(24,25)26/h2-8H,1H3,(H3,27,28,29,30). The molecule has 0 saturated carbocycles. The summed E-state index contributed by atoms with van der Waals surface area (Å²) < 4.78 is 78.9. The molecule has 4 nitrogen and oxygen atoms in total. The molecule has 0 aliphatic heterocycles. The first kappa shape index (κ1) is 21.7.